The van der Waals surface area contributed by atoms with E-state index in [0.29, 0.717) is 25.0 Å². The molecule has 2 aliphatic heterocycles. The number of carbonyl (C=O) groups is 2. The van der Waals surface area contributed by atoms with Crippen LogP contribution >= 0.6 is 0 Å². The van der Waals surface area contributed by atoms with Crippen molar-refractivity contribution < 1.29 is 37.0 Å². The van der Waals surface area contributed by atoms with E-state index in [-0.39, 0.29) is 41.3 Å². The molecule has 5 rings (SSSR count). The second-order valence-electron chi connectivity index (χ2n) is 9.86. The molecule has 2 aliphatic carbocycles. The predicted octanol–water partition coefficient (Wildman–Crippen LogP) is 4.24. The second kappa shape index (κ2) is 7.07. The summed E-state index contributed by atoms with van der Waals surface area (Å²) < 4.78 is 56.1. The van der Waals surface area contributed by atoms with E-state index in [1.807, 2.05) is 0 Å². The molecule has 1 aromatic carbocycles. The number of carbonyl (C=O) groups excluding carboxylic acids is 2. The molecule has 2 heterocycles. The van der Waals surface area contributed by atoms with Gasteiger partial charge in [0.1, 0.15) is 17.8 Å². The zero-order valence-electron chi connectivity index (χ0n) is 17.7. The van der Waals surface area contributed by atoms with Crippen LogP contribution < -0.4 is 0 Å². The summed E-state index contributed by atoms with van der Waals surface area (Å²) in [6, 6.07) is 4.74. The Balaban J connectivity index is 1.30. The van der Waals surface area contributed by atoms with Crippen LogP contribution in [0.3, 0.4) is 0 Å². The number of alkyl halides is 3. The molecule has 6 atom stereocenters. The number of hydrogen-bond donors (Lipinski definition) is 0. The minimum Gasteiger partial charge on any atom is -0.459 e. The highest BCUT2D eigenvalue weighted by atomic mass is 19.4. The van der Waals surface area contributed by atoms with Crippen LogP contribution in [0.15, 0.2) is 36.4 Å². The summed E-state index contributed by atoms with van der Waals surface area (Å²) in [5.74, 6) is -0.869. The van der Waals surface area contributed by atoms with Gasteiger partial charge < -0.3 is 14.2 Å². The number of rotatable bonds is 3. The van der Waals surface area contributed by atoms with Crippen LogP contribution in [0.5, 0.6) is 0 Å². The fraction of sp³-hybridized carbons (Fsp3) is 0.583. The Labute approximate surface area is 183 Å². The number of epoxide rings is 1. The maximum atomic E-state index is 13.0. The quantitative estimate of drug-likeness (QED) is 0.392. The van der Waals surface area contributed by atoms with Gasteiger partial charge in [0.15, 0.2) is 0 Å². The van der Waals surface area contributed by atoms with Crippen LogP contribution in [0.25, 0.3) is 0 Å². The van der Waals surface area contributed by atoms with E-state index >= 15 is 0 Å². The summed E-state index contributed by atoms with van der Waals surface area (Å²) in [5.41, 5.74) is -0.741. The lowest BCUT2D eigenvalue weighted by atomic mass is 9.53. The molecule has 32 heavy (non-hydrogen) atoms. The molecule has 0 unspecified atom stereocenters. The summed E-state index contributed by atoms with van der Waals surface area (Å²) in [6.45, 7) is 6.55. The molecule has 0 bridgehead atoms. The number of hydrogen-bond acceptors (Lipinski definition) is 5. The van der Waals surface area contributed by atoms with Gasteiger partial charge >= 0.3 is 18.1 Å². The lowest BCUT2D eigenvalue weighted by Gasteiger charge is -2.53. The van der Waals surface area contributed by atoms with E-state index in [0.717, 1.165) is 25.0 Å². The van der Waals surface area contributed by atoms with Crippen LogP contribution in [-0.2, 0) is 36.4 Å². The van der Waals surface area contributed by atoms with Crippen molar-refractivity contribution in [3.63, 3.8) is 0 Å². The van der Waals surface area contributed by atoms with Gasteiger partial charge in [-0.25, -0.2) is 4.79 Å². The number of benzene rings is 1. The standard InChI is InChI=1S/C24H25F3O5/c1-13-16-10-18-22(2,11-17(16)31-21(13)29)7-6-19(23(18)12-30-23)32-20(28)9-14-4-3-5-15(8-14)24(25,26)27/h3-5,8,16-19H,1,6-7,9-12H2,2H3/t16-,17-,18-,19-,22-,23+/m1/s1. The molecule has 5 nitrogen and oxygen atoms in total. The third-order valence-electron chi connectivity index (χ3n) is 7.88. The van der Waals surface area contributed by atoms with Crippen LogP contribution in [-0.4, -0.2) is 36.4 Å². The summed E-state index contributed by atoms with van der Waals surface area (Å²) in [6.07, 6.45) is -2.51. The highest BCUT2D eigenvalue weighted by molar-refractivity contribution is 5.90. The number of halogens is 3. The molecule has 4 fully saturated rings. The molecule has 172 valence electrons. The van der Waals surface area contributed by atoms with Crippen molar-refractivity contribution in [2.24, 2.45) is 17.3 Å². The smallest absolute Gasteiger partial charge is 0.416 e. The zero-order valence-corrected chi connectivity index (χ0v) is 17.7. The van der Waals surface area contributed by atoms with Gasteiger partial charge in [-0.1, -0.05) is 31.7 Å². The average molecular weight is 450 g/mol. The molecular weight excluding hydrogens is 425 g/mol. The van der Waals surface area contributed by atoms with Crippen LogP contribution in [0, 0.1) is 17.3 Å². The summed E-state index contributed by atoms with van der Waals surface area (Å²) >= 11 is 0. The van der Waals surface area contributed by atoms with Gasteiger partial charge in [0, 0.05) is 17.4 Å². The van der Waals surface area contributed by atoms with Crippen LogP contribution in [0.1, 0.15) is 43.7 Å². The van der Waals surface area contributed by atoms with Gasteiger partial charge in [0.2, 0.25) is 0 Å². The predicted molar refractivity (Wildman–Crippen MR) is 106 cm³/mol. The molecule has 2 saturated carbocycles. The van der Waals surface area contributed by atoms with E-state index in [1.165, 1.54) is 12.1 Å². The largest absolute Gasteiger partial charge is 0.459 e. The van der Waals surface area contributed by atoms with E-state index in [2.05, 4.69) is 13.5 Å². The molecule has 1 aromatic rings. The first-order valence-electron chi connectivity index (χ1n) is 10.9. The molecule has 0 aromatic heterocycles. The van der Waals surface area contributed by atoms with Gasteiger partial charge in [-0.3, -0.25) is 4.79 Å². The second-order valence-corrected chi connectivity index (χ2v) is 9.86. The van der Waals surface area contributed by atoms with Gasteiger partial charge in [-0.15, -0.1) is 0 Å². The van der Waals surface area contributed by atoms with Crippen LogP contribution in [0.4, 0.5) is 13.2 Å². The Hall–Kier alpha value is -2.35. The van der Waals surface area contributed by atoms with Gasteiger partial charge in [0.05, 0.1) is 18.6 Å². The maximum Gasteiger partial charge on any atom is 0.416 e. The molecule has 1 spiro atoms. The first kappa shape index (κ1) is 21.5. The Morgan fingerprint density at radius 3 is 2.78 bits per heavy atom. The van der Waals surface area contributed by atoms with Gasteiger partial charge in [-0.05, 0) is 42.7 Å². The van der Waals surface area contributed by atoms with E-state index < -0.39 is 29.4 Å². The van der Waals surface area contributed by atoms with Crippen molar-refractivity contribution in [3.05, 3.63) is 47.5 Å². The molecule has 0 radical (unpaired) electrons. The number of fused-ring (bicyclic) bond motifs is 3. The number of ether oxygens (including phenoxy) is 3. The summed E-state index contributed by atoms with van der Waals surface area (Å²) in [7, 11) is 0. The first-order chi connectivity index (χ1) is 15.0. The highest BCUT2D eigenvalue weighted by Gasteiger charge is 2.69. The average Bonchev–Trinajstić information content (AvgIpc) is 3.45. The monoisotopic (exact) mass is 450 g/mol. The molecular formula is C24H25F3O5. The Bertz CT molecular complexity index is 982. The highest BCUT2D eigenvalue weighted by Crippen LogP contribution is 2.63. The van der Waals surface area contributed by atoms with E-state index in [1.54, 1.807) is 0 Å². The van der Waals surface area contributed by atoms with Crippen molar-refractivity contribution in [2.45, 2.75) is 63.0 Å². The lowest BCUT2D eigenvalue weighted by Crippen LogP contribution is -2.56. The van der Waals surface area contributed by atoms with Crippen LogP contribution in [0.2, 0.25) is 0 Å². The minimum atomic E-state index is -4.46. The van der Waals surface area contributed by atoms with Crippen molar-refractivity contribution in [1.82, 2.24) is 0 Å². The molecule has 4 aliphatic rings. The Morgan fingerprint density at radius 2 is 2.09 bits per heavy atom. The molecule has 0 N–H and O–H groups in total. The normalized spacial score (nSPS) is 38.1. The van der Waals surface area contributed by atoms with Crippen molar-refractivity contribution in [1.29, 1.82) is 0 Å². The molecule has 0 amide bonds. The van der Waals surface area contributed by atoms with E-state index in [4.69, 9.17) is 14.2 Å². The fourth-order valence-electron chi connectivity index (χ4n) is 6.14. The summed E-state index contributed by atoms with van der Waals surface area (Å²) in [4.78, 5) is 24.6. The number of esters is 2. The third kappa shape index (κ3) is 3.43. The van der Waals surface area contributed by atoms with Crippen molar-refractivity contribution in [3.8, 4) is 0 Å². The van der Waals surface area contributed by atoms with Crippen molar-refractivity contribution in [2.75, 3.05) is 6.61 Å². The van der Waals surface area contributed by atoms with Gasteiger partial charge in [0.25, 0.3) is 0 Å². The van der Waals surface area contributed by atoms with Gasteiger partial charge in [-0.2, -0.15) is 13.2 Å². The third-order valence-corrected chi connectivity index (χ3v) is 7.88. The summed E-state index contributed by atoms with van der Waals surface area (Å²) in [5, 5.41) is 0. The first-order valence-corrected chi connectivity index (χ1v) is 10.9. The molecule has 8 heteroatoms. The SMILES string of the molecule is C=C1C(=O)O[C@@H]2C[C@@]3(C)CC[C@@H](OC(=O)Cc4cccc(C(F)(F)F)c4)[C@]4(CO4)[C@@H]3C[C@H]12. The minimum absolute atomic E-state index is 0.0544. The van der Waals surface area contributed by atoms with E-state index in [9.17, 15) is 22.8 Å². The molecule has 2 saturated heterocycles. The fourth-order valence-corrected chi connectivity index (χ4v) is 6.14. The zero-order chi connectivity index (χ0) is 22.9. The maximum absolute atomic E-state index is 13.0. The Kier molecular flexibility index (Phi) is 4.75. The van der Waals surface area contributed by atoms with Crippen molar-refractivity contribution >= 4 is 11.9 Å². The Morgan fingerprint density at radius 1 is 1.34 bits per heavy atom. The lowest BCUT2D eigenvalue weighted by molar-refractivity contribution is -0.169. The topological polar surface area (TPSA) is 65.1 Å².